The second kappa shape index (κ2) is 8.37. The molecule has 152 valence electrons. The monoisotopic (exact) mass is 393 g/mol. The summed E-state index contributed by atoms with van der Waals surface area (Å²) >= 11 is 0. The molecule has 0 saturated heterocycles. The third kappa shape index (κ3) is 3.56. The number of benzene rings is 1. The van der Waals surface area contributed by atoms with E-state index >= 15 is 0 Å². The summed E-state index contributed by atoms with van der Waals surface area (Å²) in [6.07, 6.45) is -0.668. The first kappa shape index (κ1) is 21.3. The van der Waals surface area contributed by atoms with Crippen LogP contribution in [0.3, 0.4) is 0 Å². The van der Waals surface area contributed by atoms with Gasteiger partial charge in [-0.1, -0.05) is 18.2 Å². The van der Waals surface area contributed by atoms with Crippen LogP contribution in [0.2, 0.25) is 0 Å². The number of nitrogens with zero attached hydrogens (tertiary/aromatic N) is 1. The Bertz CT molecular complexity index is 776. The number of carboxylic acid groups (broad SMARTS) is 1. The van der Waals surface area contributed by atoms with Crippen LogP contribution in [-0.4, -0.2) is 47.5 Å². The van der Waals surface area contributed by atoms with Crippen molar-refractivity contribution >= 4 is 17.7 Å². The molecule has 0 radical (unpaired) electrons. The molecular weight excluding hydrogens is 370 g/mol. The van der Waals surface area contributed by atoms with Gasteiger partial charge in [-0.15, -0.1) is 0 Å². The SMILES string of the molecule is CCOC(=O)CC1CC(C(C)=O)(C(=O)O)C(c2ccccc2OC)C1[N+](=O)[O-]. The number of ketones is 1. The second-order valence-corrected chi connectivity index (χ2v) is 6.80. The molecule has 0 aliphatic heterocycles. The molecule has 4 unspecified atom stereocenters. The highest BCUT2D eigenvalue weighted by molar-refractivity contribution is 6.04. The lowest BCUT2D eigenvalue weighted by Gasteiger charge is -2.29. The van der Waals surface area contributed by atoms with Crippen LogP contribution in [0.5, 0.6) is 5.75 Å². The predicted octanol–water partition coefficient (Wildman–Crippen LogP) is 2.06. The van der Waals surface area contributed by atoms with Gasteiger partial charge in [0.1, 0.15) is 16.9 Å². The van der Waals surface area contributed by atoms with Crippen molar-refractivity contribution in [1.82, 2.24) is 0 Å². The maximum absolute atomic E-state index is 12.6. The Morgan fingerprint density at radius 3 is 2.46 bits per heavy atom. The number of esters is 1. The van der Waals surface area contributed by atoms with E-state index in [-0.39, 0.29) is 30.8 Å². The van der Waals surface area contributed by atoms with Gasteiger partial charge in [0.05, 0.1) is 26.1 Å². The molecule has 9 nitrogen and oxygen atoms in total. The number of rotatable bonds is 8. The van der Waals surface area contributed by atoms with E-state index < -0.39 is 45.9 Å². The van der Waals surface area contributed by atoms with Crippen LogP contribution in [0.25, 0.3) is 0 Å². The summed E-state index contributed by atoms with van der Waals surface area (Å²) in [4.78, 5) is 48.2. The lowest BCUT2D eigenvalue weighted by molar-refractivity contribution is -0.532. The Morgan fingerprint density at radius 1 is 1.32 bits per heavy atom. The van der Waals surface area contributed by atoms with E-state index in [1.807, 2.05) is 0 Å². The van der Waals surface area contributed by atoms with Crippen LogP contribution >= 0.6 is 0 Å². The molecule has 4 atom stereocenters. The van der Waals surface area contributed by atoms with E-state index in [0.717, 1.165) is 6.92 Å². The van der Waals surface area contributed by atoms with E-state index in [1.165, 1.54) is 13.2 Å². The Kier molecular flexibility index (Phi) is 6.37. The van der Waals surface area contributed by atoms with E-state index in [2.05, 4.69) is 0 Å². The number of carbonyl (C=O) groups is 3. The number of aliphatic carboxylic acids is 1. The number of ether oxygens (including phenoxy) is 2. The number of nitro groups is 1. The number of hydrogen-bond acceptors (Lipinski definition) is 7. The Hall–Kier alpha value is -2.97. The Labute approximate surface area is 161 Å². The second-order valence-electron chi connectivity index (χ2n) is 6.80. The van der Waals surface area contributed by atoms with Gasteiger partial charge in [-0.25, -0.2) is 0 Å². The molecule has 1 aliphatic rings. The number of methoxy groups -OCH3 is 1. The minimum atomic E-state index is -2.04. The summed E-state index contributed by atoms with van der Waals surface area (Å²) in [7, 11) is 1.36. The quantitative estimate of drug-likeness (QED) is 0.307. The third-order valence-electron chi connectivity index (χ3n) is 5.40. The van der Waals surface area contributed by atoms with Gasteiger partial charge >= 0.3 is 11.9 Å². The van der Waals surface area contributed by atoms with Gasteiger partial charge in [0, 0.05) is 16.4 Å². The fraction of sp³-hybridized carbons (Fsp3) is 0.526. The number of carboxylic acids is 1. The minimum Gasteiger partial charge on any atom is -0.496 e. The summed E-state index contributed by atoms with van der Waals surface area (Å²) < 4.78 is 10.2. The van der Waals surface area contributed by atoms with Crippen molar-refractivity contribution in [2.24, 2.45) is 11.3 Å². The molecule has 1 saturated carbocycles. The van der Waals surface area contributed by atoms with E-state index in [4.69, 9.17) is 9.47 Å². The van der Waals surface area contributed by atoms with Gasteiger partial charge in [0.25, 0.3) is 0 Å². The van der Waals surface area contributed by atoms with Crippen LogP contribution in [-0.2, 0) is 19.1 Å². The highest BCUT2D eigenvalue weighted by atomic mass is 16.6. The topological polar surface area (TPSA) is 133 Å². The van der Waals surface area contributed by atoms with Crippen molar-refractivity contribution < 1.29 is 33.9 Å². The summed E-state index contributed by atoms with van der Waals surface area (Å²) in [5.41, 5.74) is -1.78. The minimum absolute atomic E-state index is 0.0986. The van der Waals surface area contributed by atoms with Gasteiger partial charge < -0.3 is 14.6 Å². The van der Waals surface area contributed by atoms with Gasteiger partial charge in [0.15, 0.2) is 0 Å². The van der Waals surface area contributed by atoms with Gasteiger partial charge in [-0.05, 0) is 26.3 Å². The van der Waals surface area contributed by atoms with Crippen molar-refractivity contribution in [3.05, 3.63) is 39.9 Å². The maximum atomic E-state index is 12.6. The normalized spacial score (nSPS) is 26.5. The van der Waals surface area contributed by atoms with Crippen LogP contribution in [0, 0.1) is 21.4 Å². The predicted molar refractivity (Wildman–Crippen MR) is 96.6 cm³/mol. The molecule has 0 aromatic heterocycles. The first-order chi connectivity index (χ1) is 13.2. The molecule has 1 N–H and O–H groups in total. The van der Waals surface area contributed by atoms with Crippen LogP contribution in [0.1, 0.15) is 38.2 Å². The smallest absolute Gasteiger partial charge is 0.318 e. The molecule has 0 bridgehead atoms. The summed E-state index contributed by atoms with van der Waals surface area (Å²) in [5.74, 6) is -4.81. The molecule has 28 heavy (non-hydrogen) atoms. The average Bonchev–Trinajstić information content (AvgIpc) is 2.98. The lowest BCUT2D eigenvalue weighted by atomic mass is 9.70. The van der Waals surface area contributed by atoms with Crippen molar-refractivity contribution in [3.63, 3.8) is 0 Å². The fourth-order valence-electron chi connectivity index (χ4n) is 4.25. The van der Waals surface area contributed by atoms with Crippen LogP contribution in [0.4, 0.5) is 0 Å². The molecule has 0 amide bonds. The highest BCUT2D eigenvalue weighted by Gasteiger charge is 2.67. The van der Waals surface area contributed by atoms with Crippen molar-refractivity contribution in [3.8, 4) is 5.75 Å². The molecule has 1 aliphatic carbocycles. The van der Waals surface area contributed by atoms with Gasteiger partial charge in [0.2, 0.25) is 6.04 Å². The molecule has 0 heterocycles. The third-order valence-corrected chi connectivity index (χ3v) is 5.40. The fourth-order valence-corrected chi connectivity index (χ4v) is 4.25. The highest BCUT2D eigenvalue weighted by Crippen LogP contribution is 2.56. The van der Waals surface area contributed by atoms with Crippen LogP contribution < -0.4 is 4.74 Å². The summed E-state index contributed by atoms with van der Waals surface area (Å²) in [6.45, 7) is 2.81. The number of Topliss-reactive ketones (excluding diaryl/α,β-unsaturated/α-hetero) is 1. The first-order valence-corrected chi connectivity index (χ1v) is 8.87. The molecule has 2 rings (SSSR count). The number of hydrogen-bond donors (Lipinski definition) is 1. The largest absolute Gasteiger partial charge is 0.496 e. The summed E-state index contributed by atoms with van der Waals surface area (Å²) in [5, 5.41) is 22.0. The zero-order valence-electron chi connectivity index (χ0n) is 15.9. The van der Waals surface area contributed by atoms with Crippen molar-refractivity contribution in [2.45, 2.75) is 38.6 Å². The molecule has 9 heteroatoms. The van der Waals surface area contributed by atoms with E-state index in [1.54, 1.807) is 25.1 Å². The number of carbonyl (C=O) groups excluding carboxylic acids is 2. The first-order valence-electron chi connectivity index (χ1n) is 8.87. The zero-order chi connectivity index (χ0) is 21.1. The van der Waals surface area contributed by atoms with E-state index in [0.29, 0.717) is 0 Å². The zero-order valence-corrected chi connectivity index (χ0v) is 15.9. The van der Waals surface area contributed by atoms with Gasteiger partial charge in [-0.3, -0.25) is 24.5 Å². The Morgan fingerprint density at radius 2 is 1.96 bits per heavy atom. The Balaban J connectivity index is 2.69. The van der Waals surface area contributed by atoms with Crippen LogP contribution in [0.15, 0.2) is 24.3 Å². The van der Waals surface area contributed by atoms with Gasteiger partial charge in [-0.2, -0.15) is 0 Å². The van der Waals surface area contributed by atoms with E-state index in [9.17, 15) is 29.6 Å². The number of para-hydroxylation sites is 1. The average molecular weight is 393 g/mol. The standard InChI is InChI=1S/C19H23NO8/c1-4-28-15(22)9-12-10-19(11(2)21,18(23)24)16(17(12)20(25)26)13-7-5-6-8-14(13)27-3/h5-8,12,16-17H,4,9-10H2,1-3H3,(H,23,24). The summed E-state index contributed by atoms with van der Waals surface area (Å²) in [6, 6.07) is 4.86. The maximum Gasteiger partial charge on any atom is 0.318 e. The van der Waals surface area contributed by atoms with Crippen molar-refractivity contribution in [2.75, 3.05) is 13.7 Å². The molecule has 0 spiro atoms. The molecule has 1 fully saturated rings. The molecular formula is C19H23NO8. The molecule has 1 aromatic rings. The lowest BCUT2D eigenvalue weighted by Crippen LogP contribution is -2.43. The molecule has 1 aromatic carbocycles. The van der Waals surface area contributed by atoms with Crippen molar-refractivity contribution in [1.29, 1.82) is 0 Å².